The van der Waals surface area contributed by atoms with Gasteiger partial charge in [-0.2, -0.15) is 5.10 Å². The average Bonchev–Trinajstić information content (AvgIpc) is 2.72. The average molecular weight is 314 g/mol. The smallest absolute Gasteiger partial charge is 0.356 e. The van der Waals surface area contributed by atoms with Crippen LogP contribution in [0.25, 0.3) is 11.3 Å². The third-order valence-corrected chi connectivity index (χ3v) is 3.94. The van der Waals surface area contributed by atoms with E-state index < -0.39 is 32.3 Å². The Morgan fingerprint density at radius 3 is 2.43 bits per heavy atom. The summed E-state index contributed by atoms with van der Waals surface area (Å²) in [6.07, 6.45) is 0.817. The lowest BCUT2D eigenvalue weighted by atomic mass is 10.1. The molecule has 0 radical (unpaired) electrons. The van der Waals surface area contributed by atoms with Gasteiger partial charge in [0.1, 0.15) is 16.5 Å². The first-order valence-electron chi connectivity index (χ1n) is 5.61. The van der Waals surface area contributed by atoms with Crippen LogP contribution in [0, 0.1) is 5.82 Å². The van der Waals surface area contributed by atoms with Crippen LogP contribution >= 0.6 is 0 Å². The Hall–Kier alpha value is -2.42. The van der Waals surface area contributed by atoms with Crippen LogP contribution < -0.4 is 0 Å². The van der Waals surface area contributed by atoms with Gasteiger partial charge in [0, 0.05) is 24.9 Å². The van der Waals surface area contributed by atoms with Crippen LogP contribution in [0.15, 0.2) is 23.1 Å². The van der Waals surface area contributed by atoms with Gasteiger partial charge in [0.05, 0.1) is 5.69 Å². The van der Waals surface area contributed by atoms with E-state index in [9.17, 15) is 22.7 Å². The number of carboxylic acids is 1. The van der Waals surface area contributed by atoms with Crippen molar-refractivity contribution in [2.75, 3.05) is 6.26 Å². The molecular formula is C12H11FN2O5S. The van der Waals surface area contributed by atoms with Gasteiger partial charge in [0.2, 0.25) is 0 Å². The molecule has 7 nitrogen and oxygen atoms in total. The SMILES string of the molecule is Cn1nc(C(=O)O)cc1-c1cc(F)c(S(C)(=O)=O)cc1O. The molecule has 0 aliphatic heterocycles. The van der Waals surface area contributed by atoms with Crippen LogP contribution in [0.4, 0.5) is 4.39 Å². The third-order valence-electron chi connectivity index (χ3n) is 2.82. The second-order valence-electron chi connectivity index (χ2n) is 4.42. The molecule has 2 rings (SSSR count). The van der Waals surface area contributed by atoms with Crippen molar-refractivity contribution in [3.8, 4) is 17.0 Å². The van der Waals surface area contributed by atoms with E-state index in [4.69, 9.17) is 5.11 Å². The Bertz CT molecular complexity index is 842. The van der Waals surface area contributed by atoms with Gasteiger partial charge in [0.15, 0.2) is 15.5 Å². The zero-order valence-corrected chi connectivity index (χ0v) is 11.8. The summed E-state index contributed by atoms with van der Waals surface area (Å²) in [6.45, 7) is 0. The molecule has 0 saturated heterocycles. The number of nitrogens with zero attached hydrogens (tertiary/aromatic N) is 2. The molecule has 0 aliphatic carbocycles. The number of phenols is 1. The van der Waals surface area contributed by atoms with Crippen LogP contribution in [0.2, 0.25) is 0 Å². The van der Waals surface area contributed by atoms with Gasteiger partial charge in [-0.15, -0.1) is 0 Å². The van der Waals surface area contributed by atoms with Gasteiger partial charge in [-0.05, 0) is 12.1 Å². The lowest BCUT2D eigenvalue weighted by molar-refractivity contribution is 0.0689. The molecule has 1 aromatic carbocycles. The van der Waals surface area contributed by atoms with Crippen molar-refractivity contribution < 1.29 is 27.8 Å². The molecule has 0 spiro atoms. The number of carboxylic acid groups (broad SMARTS) is 1. The third kappa shape index (κ3) is 2.72. The molecule has 1 aromatic heterocycles. The van der Waals surface area contributed by atoms with Crippen LogP contribution in [0.3, 0.4) is 0 Å². The molecule has 0 atom stereocenters. The molecular weight excluding hydrogens is 303 g/mol. The van der Waals surface area contributed by atoms with E-state index in [1.165, 1.54) is 7.05 Å². The summed E-state index contributed by atoms with van der Waals surface area (Å²) < 4.78 is 37.8. The number of halogens is 1. The van der Waals surface area contributed by atoms with Crippen molar-refractivity contribution in [3.63, 3.8) is 0 Å². The molecule has 0 fully saturated rings. The number of aryl methyl sites for hydroxylation is 1. The highest BCUT2D eigenvalue weighted by Gasteiger charge is 2.21. The molecule has 2 aromatic rings. The maximum Gasteiger partial charge on any atom is 0.356 e. The monoisotopic (exact) mass is 314 g/mol. The molecule has 1 heterocycles. The van der Waals surface area contributed by atoms with Crippen LogP contribution in [0.1, 0.15) is 10.5 Å². The molecule has 21 heavy (non-hydrogen) atoms. The number of rotatable bonds is 3. The number of aromatic hydroxyl groups is 1. The van der Waals surface area contributed by atoms with E-state index in [0.29, 0.717) is 0 Å². The Morgan fingerprint density at radius 1 is 1.33 bits per heavy atom. The van der Waals surface area contributed by atoms with Gasteiger partial charge in [0.25, 0.3) is 0 Å². The Balaban J connectivity index is 2.66. The van der Waals surface area contributed by atoms with Crippen molar-refractivity contribution in [2.45, 2.75) is 4.90 Å². The lowest BCUT2D eigenvalue weighted by Gasteiger charge is -2.08. The summed E-state index contributed by atoms with van der Waals surface area (Å²) in [4.78, 5) is 10.2. The fourth-order valence-electron chi connectivity index (χ4n) is 1.86. The highest BCUT2D eigenvalue weighted by Crippen LogP contribution is 2.33. The molecule has 0 aliphatic rings. The van der Waals surface area contributed by atoms with E-state index in [2.05, 4.69) is 5.10 Å². The van der Waals surface area contributed by atoms with Crippen molar-refractivity contribution in [2.24, 2.45) is 7.05 Å². The lowest BCUT2D eigenvalue weighted by Crippen LogP contribution is -2.02. The standard InChI is InChI=1S/C12H11FN2O5S/c1-15-9(4-8(14-15)12(17)18)6-3-7(13)11(5-10(6)16)21(2,19)20/h3-5,16H,1-2H3,(H,17,18). The largest absolute Gasteiger partial charge is 0.507 e. The first-order chi connectivity index (χ1) is 9.61. The molecule has 0 saturated carbocycles. The summed E-state index contributed by atoms with van der Waals surface area (Å²) in [6, 6.07) is 2.76. The summed E-state index contributed by atoms with van der Waals surface area (Å²) in [5, 5.41) is 22.4. The van der Waals surface area contributed by atoms with E-state index in [-0.39, 0.29) is 17.0 Å². The second-order valence-corrected chi connectivity index (χ2v) is 6.40. The highest BCUT2D eigenvalue weighted by molar-refractivity contribution is 7.90. The number of sulfone groups is 1. The second kappa shape index (κ2) is 4.85. The Labute approximate surface area is 119 Å². The number of aromatic nitrogens is 2. The predicted octanol–water partition coefficient (Wildman–Crippen LogP) is 1.03. The van der Waals surface area contributed by atoms with Gasteiger partial charge in [-0.25, -0.2) is 17.6 Å². The zero-order valence-electron chi connectivity index (χ0n) is 11.0. The molecule has 0 unspecified atom stereocenters. The minimum atomic E-state index is -3.82. The molecule has 2 N–H and O–H groups in total. The van der Waals surface area contributed by atoms with Crippen molar-refractivity contribution in [1.29, 1.82) is 0 Å². The maximum absolute atomic E-state index is 13.9. The fourth-order valence-corrected chi connectivity index (χ4v) is 2.59. The van der Waals surface area contributed by atoms with Gasteiger partial charge < -0.3 is 10.2 Å². The van der Waals surface area contributed by atoms with Crippen molar-refractivity contribution in [3.05, 3.63) is 29.7 Å². The van der Waals surface area contributed by atoms with Crippen LogP contribution in [0.5, 0.6) is 5.75 Å². The topological polar surface area (TPSA) is 109 Å². The molecule has 9 heteroatoms. The molecule has 0 amide bonds. The number of hydrogen-bond acceptors (Lipinski definition) is 5. The minimum Gasteiger partial charge on any atom is -0.507 e. The summed E-state index contributed by atoms with van der Waals surface area (Å²) in [5.41, 5.74) is -0.189. The number of benzene rings is 1. The van der Waals surface area contributed by atoms with E-state index in [0.717, 1.165) is 29.1 Å². The van der Waals surface area contributed by atoms with E-state index in [1.54, 1.807) is 0 Å². The minimum absolute atomic E-state index is 0.0533. The van der Waals surface area contributed by atoms with Crippen molar-refractivity contribution in [1.82, 2.24) is 9.78 Å². The number of aromatic carboxylic acids is 1. The Kier molecular flexibility index (Phi) is 3.46. The summed E-state index contributed by atoms with van der Waals surface area (Å²) in [5.74, 6) is -2.80. The quantitative estimate of drug-likeness (QED) is 0.876. The van der Waals surface area contributed by atoms with E-state index >= 15 is 0 Å². The summed E-state index contributed by atoms with van der Waals surface area (Å²) >= 11 is 0. The summed E-state index contributed by atoms with van der Waals surface area (Å²) in [7, 11) is -2.40. The van der Waals surface area contributed by atoms with Crippen molar-refractivity contribution >= 4 is 15.8 Å². The number of hydrogen-bond donors (Lipinski definition) is 2. The predicted molar refractivity (Wildman–Crippen MR) is 70.3 cm³/mol. The first kappa shape index (κ1) is 15.0. The number of phenolic OH excluding ortho intramolecular Hbond substituents is 1. The van der Waals surface area contributed by atoms with Crippen LogP contribution in [-0.4, -0.2) is 40.6 Å². The molecule has 112 valence electrons. The fraction of sp³-hybridized carbons (Fsp3) is 0.167. The highest BCUT2D eigenvalue weighted by atomic mass is 32.2. The van der Waals surface area contributed by atoms with Gasteiger partial charge in [-0.3, -0.25) is 4.68 Å². The first-order valence-corrected chi connectivity index (χ1v) is 7.50. The Morgan fingerprint density at radius 2 is 1.95 bits per heavy atom. The van der Waals surface area contributed by atoms with Gasteiger partial charge in [-0.1, -0.05) is 0 Å². The zero-order chi connectivity index (χ0) is 15.9. The maximum atomic E-state index is 13.9. The van der Waals surface area contributed by atoms with Crippen LogP contribution in [-0.2, 0) is 16.9 Å². The van der Waals surface area contributed by atoms with E-state index in [1.807, 2.05) is 0 Å². The van der Waals surface area contributed by atoms with Gasteiger partial charge >= 0.3 is 5.97 Å². The number of carbonyl (C=O) groups is 1. The normalized spacial score (nSPS) is 11.6. The molecule has 0 bridgehead atoms.